The molecule has 0 spiro atoms. The van der Waals surface area contributed by atoms with Crippen LogP contribution in [0.15, 0.2) is 30.3 Å². The highest BCUT2D eigenvalue weighted by molar-refractivity contribution is 5.88. The first kappa shape index (κ1) is 13.2. The summed E-state index contributed by atoms with van der Waals surface area (Å²) in [6, 6.07) is 9.36. The van der Waals surface area contributed by atoms with Crippen molar-refractivity contribution in [3.63, 3.8) is 0 Å². The molecular formula is C16H19NO3. The van der Waals surface area contributed by atoms with Crippen LogP contribution >= 0.6 is 0 Å². The van der Waals surface area contributed by atoms with Gasteiger partial charge in [0.05, 0.1) is 0 Å². The van der Waals surface area contributed by atoms with Crippen LogP contribution in [0, 0.1) is 11.8 Å². The lowest BCUT2D eigenvalue weighted by atomic mass is 10.0. The standard InChI is InChI=1S/C16H19NO3/c1-10-7-8-17(14(10)16(19)20)15(18)13-9-12(13)11-5-3-2-4-6-11/h2-6,10,12-14H,7-9H2,1H3,(H,19,20). The predicted octanol–water partition coefficient (Wildman–Crippen LogP) is 2.11. The van der Waals surface area contributed by atoms with Crippen LogP contribution in [-0.2, 0) is 9.59 Å². The largest absolute Gasteiger partial charge is 0.480 e. The van der Waals surface area contributed by atoms with E-state index in [9.17, 15) is 14.7 Å². The molecule has 1 aromatic carbocycles. The van der Waals surface area contributed by atoms with E-state index < -0.39 is 12.0 Å². The molecule has 2 aliphatic rings. The summed E-state index contributed by atoms with van der Waals surface area (Å²) >= 11 is 0. The van der Waals surface area contributed by atoms with Gasteiger partial charge in [0.1, 0.15) is 6.04 Å². The molecule has 1 saturated carbocycles. The summed E-state index contributed by atoms with van der Waals surface area (Å²) in [4.78, 5) is 25.4. The zero-order valence-electron chi connectivity index (χ0n) is 11.5. The number of carbonyl (C=O) groups excluding carboxylic acids is 1. The second-order valence-corrected chi connectivity index (χ2v) is 5.94. The van der Waals surface area contributed by atoms with Gasteiger partial charge in [-0.15, -0.1) is 0 Å². The number of amides is 1. The quantitative estimate of drug-likeness (QED) is 0.917. The number of aliphatic carboxylic acids is 1. The molecule has 106 valence electrons. The third kappa shape index (κ3) is 2.19. The van der Waals surface area contributed by atoms with Gasteiger partial charge in [-0.1, -0.05) is 37.3 Å². The third-order valence-corrected chi connectivity index (χ3v) is 4.57. The molecule has 1 aliphatic heterocycles. The normalized spacial score (nSPS) is 32.1. The molecule has 0 bridgehead atoms. The smallest absolute Gasteiger partial charge is 0.326 e. The second kappa shape index (κ2) is 4.93. The van der Waals surface area contributed by atoms with E-state index in [2.05, 4.69) is 0 Å². The van der Waals surface area contributed by atoms with Gasteiger partial charge >= 0.3 is 5.97 Å². The van der Waals surface area contributed by atoms with Crippen LogP contribution in [-0.4, -0.2) is 34.5 Å². The van der Waals surface area contributed by atoms with Crippen LogP contribution in [0.4, 0.5) is 0 Å². The van der Waals surface area contributed by atoms with Crippen LogP contribution in [0.5, 0.6) is 0 Å². The van der Waals surface area contributed by atoms with Crippen molar-refractivity contribution < 1.29 is 14.7 Å². The Kier molecular flexibility index (Phi) is 3.24. The topological polar surface area (TPSA) is 57.6 Å². The van der Waals surface area contributed by atoms with Crippen LogP contribution in [0.2, 0.25) is 0 Å². The number of carboxylic acid groups (broad SMARTS) is 1. The molecule has 4 atom stereocenters. The summed E-state index contributed by atoms with van der Waals surface area (Å²) in [5, 5.41) is 9.29. The summed E-state index contributed by atoms with van der Waals surface area (Å²) in [6.07, 6.45) is 1.63. The van der Waals surface area contributed by atoms with Gasteiger partial charge in [0.25, 0.3) is 0 Å². The van der Waals surface area contributed by atoms with Gasteiger partial charge in [-0.2, -0.15) is 0 Å². The minimum Gasteiger partial charge on any atom is -0.480 e. The number of nitrogens with zero attached hydrogens (tertiary/aromatic N) is 1. The van der Waals surface area contributed by atoms with Crippen molar-refractivity contribution in [1.29, 1.82) is 0 Å². The maximum absolute atomic E-state index is 12.5. The Labute approximate surface area is 118 Å². The van der Waals surface area contributed by atoms with Crippen molar-refractivity contribution >= 4 is 11.9 Å². The highest BCUT2D eigenvalue weighted by Crippen LogP contribution is 2.49. The van der Waals surface area contributed by atoms with E-state index in [0.717, 1.165) is 12.8 Å². The highest BCUT2D eigenvalue weighted by atomic mass is 16.4. The fourth-order valence-electron chi connectivity index (χ4n) is 3.32. The van der Waals surface area contributed by atoms with Gasteiger partial charge in [0.15, 0.2) is 0 Å². The van der Waals surface area contributed by atoms with E-state index >= 15 is 0 Å². The molecule has 1 heterocycles. The van der Waals surface area contributed by atoms with Crippen molar-refractivity contribution in [1.82, 2.24) is 4.90 Å². The van der Waals surface area contributed by atoms with Crippen molar-refractivity contribution in [2.75, 3.05) is 6.54 Å². The van der Waals surface area contributed by atoms with Crippen molar-refractivity contribution in [2.45, 2.75) is 31.7 Å². The molecule has 1 saturated heterocycles. The summed E-state index contributed by atoms with van der Waals surface area (Å²) in [5.41, 5.74) is 1.19. The van der Waals surface area contributed by atoms with E-state index in [0.29, 0.717) is 6.54 Å². The molecule has 0 radical (unpaired) electrons. The molecule has 1 aliphatic carbocycles. The zero-order valence-corrected chi connectivity index (χ0v) is 11.5. The lowest BCUT2D eigenvalue weighted by Crippen LogP contribution is -2.43. The maximum atomic E-state index is 12.5. The molecule has 1 amide bonds. The molecule has 0 aromatic heterocycles. The number of hydrogen-bond acceptors (Lipinski definition) is 2. The van der Waals surface area contributed by atoms with E-state index in [1.165, 1.54) is 5.56 Å². The average molecular weight is 273 g/mol. The molecule has 4 unspecified atom stereocenters. The van der Waals surface area contributed by atoms with Crippen LogP contribution in [0.3, 0.4) is 0 Å². The predicted molar refractivity (Wildman–Crippen MR) is 74.2 cm³/mol. The van der Waals surface area contributed by atoms with Crippen molar-refractivity contribution in [3.8, 4) is 0 Å². The number of likely N-dealkylation sites (tertiary alicyclic amines) is 1. The van der Waals surface area contributed by atoms with Gasteiger partial charge in [-0.3, -0.25) is 4.79 Å². The Bertz CT molecular complexity index is 528. The summed E-state index contributed by atoms with van der Waals surface area (Å²) in [6.45, 7) is 2.49. The van der Waals surface area contributed by atoms with E-state index in [-0.39, 0.29) is 23.7 Å². The zero-order chi connectivity index (χ0) is 14.3. The number of rotatable bonds is 3. The molecule has 20 heavy (non-hydrogen) atoms. The van der Waals surface area contributed by atoms with Crippen LogP contribution in [0.25, 0.3) is 0 Å². The molecule has 4 heteroatoms. The summed E-state index contributed by atoms with van der Waals surface area (Å²) in [7, 11) is 0. The SMILES string of the molecule is CC1CCN(C(=O)C2CC2c2ccccc2)C1C(=O)O. The fraction of sp³-hybridized carbons (Fsp3) is 0.500. The monoisotopic (exact) mass is 273 g/mol. The molecule has 1 N–H and O–H groups in total. The molecule has 2 fully saturated rings. The lowest BCUT2D eigenvalue weighted by molar-refractivity contribution is -0.149. The van der Waals surface area contributed by atoms with E-state index in [1.54, 1.807) is 4.90 Å². The van der Waals surface area contributed by atoms with Gasteiger partial charge in [-0.25, -0.2) is 4.79 Å². The number of benzene rings is 1. The Balaban J connectivity index is 1.71. The van der Waals surface area contributed by atoms with Crippen molar-refractivity contribution in [3.05, 3.63) is 35.9 Å². The van der Waals surface area contributed by atoms with Gasteiger partial charge in [0, 0.05) is 12.5 Å². The Hall–Kier alpha value is -1.84. The molecule has 1 aromatic rings. The molecular weight excluding hydrogens is 254 g/mol. The Morgan fingerprint density at radius 2 is 1.95 bits per heavy atom. The van der Waals surface area contributed by atoms with Crippen LogP contribution in [0.1, 0.15) is 31.2 Å². The Morgan fingerprint density at radius 3 is 2.60 bits per heavy atom. The fourth-order valence-corrected chi connectivity index (χ4v) is 3.32. The third-order valence-electron chi connectivity index (χ3n) is 4.57. The first-order chi connectivity index (χ1) is 9.59. The number of hydrogen-bond donors (Lipinski definition) is 1. The Morgan fingerprint density at radius 1 is 1.25 bits per heavy atom. The van der Waals surface area contributed by atoms with E-state index in [4.69, 9.17) is 0 Å². The number of carboxylic acids is 1. The molecule has 4 nitrogen and oxygen atoms in total. The number of carbonyl (C=O) groups is 2. The molecule has 3 rings (SSSR count). The first-order valence-electron chi connectivity index (χ1n) is 7.18. The van der Waals surface area contributed by atoms with Gasteiger partial charge < -0.3 is 10.0 Å². The minimum atomic E-state index is -0.875. The van der Waals surface area contributed by atoms with Gasteiger partial charge in [0.2, 0.25) is 5.91 Å². The summed E-state index contributed by atoms with van der Waals surface area (Å²) in [5.74, 6) is -0.556. The van der Waals surface area contributed by atoms with Crippen LogP contribution < -0.4 is 0 Å². The first-order valence-corrected chi connectivity index (χ1v) is 7.18. The summed E-state index contributed by atoms with van der Waals surface area (Å²) < 4.78 is 0. The van der Waals surface area contributed by atoms with Crippen molar-refractivity contribution in [2.24, 2.45) is 11.8 Å². The highest BCUT2D eigenvalue weighted by Gasteiger charge is 2.50. The minimum absolute atomic E-state index is 0.0236. The van der Waals surface area contributed by atoms with Gasteiger partial charge in [-0.05, 0) is 30.2 Å². The maximum Gasteiger partial charge on any atom is 0.326 e. The lowest BCUT2D eigenvalue weighted by Gasteiger charge is -2.23. The second-order valence-electron chi connectivity index (χ2n) is 5.94. The average Bonchev–Trinajstić information content (AvgIpc) is 3.15. The van der Waals surface area contributed by atoms with E-state index in [1.807, 2.05) is 37.3 Å².